The van der Waals surface area contributed by atoms with Crippen LogP contribution in [0.15, 0.2) is 17.9 Å². The Labute approximate surface area is 121 Å². The van der Waals surface area contributed by atoms with Crippen LogP contribution in [0.4, 0.5) is 5.82 Å². The lowest BCUT2D eigenvalue weighted by atomic mass is 9.97. The number of thiazole rings is 1. The molecule has 0 spiro atoms. The fourth-order valence-corrected chi connectivity index (χ4v) is 3.63. The van der Waals surface area contributed by atoms with Crippen molar-refractivity contribution in [1.82, 2.24) is 15.0 Å². The summed E-state index contributed by atoms with van der Waals surface area (Å²) in [6.07, 6.45) is 5.41. The average Bonchev–Trinajstić information content (AvgIpc) is 2.86. The van der Waals surface area contributed by atoms with Crippen molar-refractivity contribution in [3.63, 3.8) is 0 Å². The smallest absolute Gasteiger partial charge is 0.150 e. The lowest BCUT2D eigenvalue weighted by Crippen LogP contribution is -2.33. The van der Waals surface area contributed by atoms with Gasteiger partial charge in [0.2, 0.25) is 0 Å². The molecule has 0 aromatic carbocycles. The minimum absolute atomic E-state index is 0.579. The van der Waals surface area contributed by atoms with Gasteiger partial charge in [-0.05, 0) is 19.8 Å². The predicted molar refractivity (Wildman–Crippen MR) is 78.1 cm³/mol. The van der Waals surface area contributed by atoms with E-state index < -0.39 is 0 Å². The van der Waals surface area contributed by atoms with E-state index in [-0.39, 0.29) is 0 Å². The van der Waals surface area contributed by atoms with Crippen molar-refractivity contribution in [1.29, 1.82) is 0 Å². The number of aromatic nitrogens is 3. The first-order valence-corrected chi connectivity index (χ1v) is 7.62. The van der Waals surface area contributed by atoms with Crippen LogP contribution in [-0.4, -0.2) is 28.0 Å². The Morgan fingerprint density at radius 1 is 1.37 bits per heavy atom. The zero-order chi connectivity index (χ0) is 13.2. The molecule has 6 heteroatoms. The molecular weight excluding hydrogens is 280 g/mol. The molecule has 0 saturated carbocycles. The van der Waals surface area contributed by atoms with Gasteiger partial charge in [0, 0.05) is 30.1 Å². The van der Waals surface area contributed by atoms with Gasteiger partial charge in [-0.3, -0.25) is 0 Å². The zero-order valence-electron chi connectivity index (χ0n) is 10.7. The molecule has 2 aromatic rings. The fraction of sp³-hybridized carbons (Fsp3) is 0.462. The Balaban J connectivity index is 1.68. The third-order valence-corrected chi connectivity index (χ3v) is 4.82. The molecule has 3 heterocycles. The average molecular weight is 295 g/mol. The van der Waals surface area contributed by atoms with Crippen LogP contribution < -0.4 is 4.90 Å². The maximum Gasteiger partial charge on any atom is 0.150 e. The molecule has 0 unspecified atom stereocenters. The van der Waals surface area contributed by atoms with Crippen molar-refractivity contribution in [2.24, 2.45) is 0 Å². The number of rotatable bonds is 2. The van der Waals surface area contributed by atoms with Crippen LogP contribution in [0.5, 0.6) is 0 Å². The van der Waals surface area contributed by atoms with Crippen molar-refractivity contribution in [2.45, 2.75) is 25.7 Å². The second kappa shape index (κ2) is 5.43. The Hall–Kier alpha value is -1.20. The topological polar surface area (TPSA) is 41.9 Å². The summed E-state index contributed by atoms with van der Waals surface area (Å²) < 4.78 is 0. The van der Waals surface area contributed by atoms with Crippen molar-refractivity contribution in [2.75, 3.05) is 18.0 Å². The molecule has 4 nitrogen and oxygen atoms in total. The number of piperidine rings is 1. The maximum absolute atomic E-state index is 6.14. The monoisotopic (exact) mass is 294 g/mol. The Morgan fingerprint density at radius 3 is 2.79 bits per heavy atom. The van der Waals surface area contributed by atoms with E-state index in [1.54, 1.807) is 23.9 Å². The first-order chi connectivity index (χ1) is 9.24. The summed E-state index contributed by atoms with van der Waals surface area (Å²) in [4.78, 5) is 15.0. The normalized spacial score (nSPS) is 16.8. The molecule has 19 heavy (non-hydrogen) atoms. The molecule has 0 bridgehead atoms. The highest BCUT2D eigenvalue weighted by Crippen LogP contribution is 2.33. The molecule has 1 aliphatic heterocycles. The molecule has 0 N–H and O–H groups in total. The Morgan fingerprint density at radius 2 is 2.16 bits per heavy atom. The molecule has 0 radical (unpaired) electrons. The molecule has 0 atom stereocenters. The van der Waals surface area contributed by atoms with E-state index in [2.05, 4.69) is 32.2 Å². The lowest BCUT2D eigenvalue weighted by Gasteiger charge is -2.32. The molecule has 2 aromatic heterocycles. The predicted octanol–water partition coefficient (Wildman–Crippen LogP) is 3.28. The van der Waals surface area contributed by atoms with E-state index in [0.717, 1.165) is 37.4 Å². The van der Waals surface area contributed by atoms with Gasteiger partial charge in [-0.25, -0.2) is 15.0 Å². The first-order valence-electron chi connectivity index (χ1n) is 6.36. The molecular formula is C13H15ClN4S. The minimum atomic E-state index is 0.579. The highest BCUT2D eigenvalue weighted by atomic mass is 35.5. The van der Waals surface area contributed by atoms with E-state index in [1.165, 1.54) is 5.01 Å². The van der Waals surface area contributed by atoms with Gasteiger partial charge in [-0.1, -0.05) is 11.6 Å². The lowest BCUT2D eigenvalue weighted by molar-refractivity contribution is 0.500. The van der Waals surface area contributed by atoms with Crippen LogP contribution in [0.2, 0.25) is 5.02 Å². The highest BCUT2D eigenvalue weighted by Gasteiger charge is 2.24. The van der Waals surface area contributed by atoms with Gasteiger partial charge in [-0.15, -0.1) is 11.3 Å². The molecule has 1 fully saturated rings. The second-order valence-electron chi connectivity index (χ2n) is 4.78. The molecule has 1 saturated heterocycles. The van der Waals surface area contributed by atoms with Crippen molar-refractivity contribution in [3.8, 4) is 0 Å². The van der Waals surface area contributed by atoms with Crippen LogP contribution in [0.25, 0.3) is 0 Å². The van der Waals surface area contributed by atoms with E-state index in [9.17, 15) is 0 Å². The third-order valence-electron chi connectivity index (χ3n) is 3.43. The number of halogens is 1. The van der Waals surface area contributed by atoms with Gasteiger partial charge >= 0.3 is 0 Å². The molecule has 3 rings (SSSR count). The van der Waals surface area contributed by atoms with Crippen LogP contribution >= 0.6 is 22.9 Å². The standard InChI is InChI=1S/C13H15ClN4S/c1-9-7-19-13(17-9)10-2-4-18(5-3-10)12-11(14)6-15-8-16-12/h6-8,10H,2-5H2,1H3. The summed E-state index contributed by atoms with van der Waals surface area (Å²) in [6, 6.07) is 0. The van der Waals surface area contributed by atoms with Gasteiger partial charge in [0.15, 0.2) is 5.82 Å². The van der Waals surface area contributed by atoms with Crippen LogP contribution in [-0.2, 0) is 0 Å². The zero-order valence-corrected chi connectivity index (χ0v) is 12.3. The summed E-state index contributed by atoms with van der Waals surface area (Å²) in [6.45, 7) is 4.00. The number of hydrogen-bond donors (Lipinski definition) is 0. The largest absolute Gasteiger partial charge is 0.355 e. The number of anilines is 1. The summed E-state index contributed by atoms with van der Waals surface area (Å²) in [5.41, 5.74) is 1.13. The first kappa shape index (κ1) is 12.8. The maximum atomic E-state index is 6.14. The van der Waals surface area contributed by atoms with Crippen molar-refractivity contribution < 1.29 is 0 Å². The van der Waals surface area contributed by atoms with Gasteiger partial charge < -0.3 is 4.90 Å². The number of nitrogens with zero attached hydrogens (tertiary/aromatic N) is 4. The summed E-state index contributed by atoms with van der Waals surface area (Å²) in [5, 5.41) is 4.03. The number of aryl methyl sites for hydroxylation is 1. The quantitative estimate of drug-likeness (QED) is 0.852. The van der Waals surface area contributed by atoms with E-state index in [4.69, 9.17) is 11.6 Å². The van der Waals surface area contributed by atoms with Crippen LogP contribution in [0.1, 0.15) is 29.5 Å². The molecule has 100 valence electrons. The van der Waals surface area contributed by atoms with Gasteiger partial charge in [0.1, 0.15) is 11.3 Å². The molecule has 0 amide bonds. The summed E-state index contributed by atoms with van der Waals surface area (Å²) in [7, 11) is 0. The van der Waals surface area contributed by atoms with Crippen LogP contribution in [0, 0.1) is 6.92 Å². The summed E-state index contributed by atoms with van der Waals surface area (Å²) in [5.74, 6) is 1.43. The van der Waals surface area contributed by atoms with Gasteiger partial charge in [0.25, 0.3) is 0 Å². The molecule has 0 aliphatic carbocycles. The summed E-state index contributed by atoms with van der Waals surface area (Å²) >= 11 is 7.91. The van der Waals surface area contributed by atoms with Crippen molar-refractivity contribution >= 4 is 28.8 Å². The SMILES string of the molecule is Cc1csc(C2CCN(c3ncncc3Cl)CC2)n1. The van der Waals surface area contributed by atoms with Crippen molar-refractivity contribution in [3.05, 3.63) is 33.6 Å². The third kappa shape index (κ3) is 2.72. The molecule has 1 aliphatic rings. The van der Waals surface area contributed by atoms with E-state index in [0.29, 0.717) is 10.9 Å². The Bertz CT molecular complexity index is 563. The Kier molecular flexibility index (Phi) is 3.66. The van der Waals surface area contributed by atoms with Gasteiger partial charge in [0.05, 0.1) is 11.2 Å². The van der Waals surface area contributed by atoms with E-state index >= 15 is 0 Å². The van der Waals surface area contributed by atoms with Gasteiger partial charge in [-0.2, -0.15) is 0 Å². The number of hydrogen-bond acceptors (Lipinski definition) is 5. The van der Waals surface area contributed by atoms with Crippen LogP contribution in [0.3, 0.4) is 0 Å². The second-order valence-corrected chi connectivity index (χ2v) is 6.08. The van der Waals surface area contributed by atoms with E-state index in [1.807, 2.05) is 0 Å². The minimum Gasteiger partial charge on any atom is -0.355 e. The highest BCUT2D eigenvalue weighted by molar-refractivity contribution is 7.09. The fourth-order valence-electron chi connectivity index (χ4n) is 2.44.